The first-order chi connectivity index (χ1) is 7.83. The quantitative estimate of drug-likeness (QED) is 0.561. The summed E-state index contributed by atoms with van der Waals surface area (Å²) in [5.41, 5.74) is 0. The summed E-state index contributed by atoms with van der Waals surface area (Å²) in [5.74, 6) is 0. The standard InChI is InChI=1S/C12H27N.C2H7N/c1-3-5-7-9-11-13-12-10-8-6-4-2;1-3-2/h13H,3-12H2,1-2H3;3H,1-2H3. The van der Waals surface area contributed by atoms with Crippen LogP contribution in [-0.2, 0) is 0 Å². The zero-order valence-electron chi connectivity index (χ0n) is 12.1. The van der Waals surface area contributed by atoms with Gasteiger partial charge in [0.25, 0.3) is 0 Å². The number of hydrogen-bond donors (Lipinski definition) is 2. The van der Waals surface area contributed by atoms with Crippen molar-refractivity contribution in [2.75, 3.05) is 27.2 Å². The fourth-order valence-corrected chi connectivity index (χ4v) is 1.48. The summed E-state index contributed by atoms with van der Waals surface area (Å²) in [4.78, 5) is 0. The van der Waals surface area contributed by atoms with E-state index in [0.29, 0.717) is 0 Å². The van der Waals surface area contributed by atoms with E-state index in [1.165, 1.54) is 64.5 Å². The van der Waals surface area contributed by atoms with Gasteiger partial charge in [-0.1, -0.05) is 52.4 Å². The van der Waals surface area contributed by atoms with Gasteiger partial charge in [0.2, 0.25) is 0 Å². The van der Waals surface area contributed by atoms with Crippen molar-refractivity contribution in [2.45, 2.75) is 65.2 Å². The van der Waals surface area contributed by atoms with Gasteiger partial charge in [-0.15, -0.1) is 0 Å². The van der Waals surface area contributed by atoms with Gasteiger partial charge < -0.3 is 10.6 Å². The van der Waals surface area contributed by atoms with E-state index in [2.05, 4.69) is 24.5 Å². The van der Waals surface area contributed by atoms with Gasteiger partial charge in [0.1, 0.15) is 0 Å². The van der Waals surface area contributed by atoms with Gasteiger partial charge in [0.05, 0.1) is 0 Å². The molecule has 0 bridgehead atoms. The fraction of sp³-hybridized carbons (Fsp3) is 1.00. The topological polar surface area (TPSA) is 24.1 Å². The van der Waals surface area contributed by atoms with Crippen LogP contribution in [0.4, 0.5) is 0 Å². The summed E-state index contributed by atoms with van der Waals surface area (Å²) in [5, 5.41) is 6.25. The summed E-state index contributed by atoms with van der Waals surface area (Å²) in [6.07, 6.45) is 11.0. The first-order valence-electron chi connectivity index (χ1n) is 7.12. The van der Waals surface area contributed by atoms with Crippen LogP contribution < -0.4 is 10.6 Å². The maximum Gasteiger partial charge on any atom is -0.00489 e. The Morgan fingerprint density at radius 1 is 0.625 bits per heavy atom. The molecule has 0 spiro atoms. The molecule has 0 fully saturated rings. The van der Waals surface area contributed by atoms with Crippen molar-refractivity contribution < 1.29 is 0 Å². The molecule has 0 aliphatic carbocycles. The maximum atomic E-state index is 3.50. The summed E-state index contributed by atoms with van der Waals surface area (Å²) >= 11 is 0. The van der Waals surface area contributed by atoms with Gasteiger partial charge in [0.15, 0.2) is 0 Å². The molecule has 0 rings (SSSR count). The van der Waals surface area contributed by atoms with Crippen LogP contribution in [0.25, 0.3) is 0 Å². The van der Waals surface area contributed by atoms with E-state index in [1.807, 2.05) is 14.1 Å². The van der Waals surface area contributed by atoms with Gasteiger partial charge in [-0.2, -0.15) is 0 Å². The van der Waals surface area contributed by atoms with Gasteiger partial charge >= 0.3 is 0 Å². The molecular weight excluding hydrogens is 196 g/mol. The maximum absolute atomic E-state index is 3.50. The van der Waals surface area contributed by atoms with Gasteiger partial charge in [-0.3, -0.25) is 0 Å². The molecule has 16 heavy (non-hydrogen) atoms. The Kier molecular flexibility index (Phi) is 23.3. The van der Waals surface area contributed by atoms with Crippen LogP contribution in [0.3, 0.4) is 0 Å². The Morgan fingerprint density at radius 3 is 1.31 bits per heavy atom. The molecule has 0 aromatic carbocycles. The third kappa shape index (κ3) is 23.6. The second-order valence-electron chi connectivity index (χ2n) is 4.37. The minimum absolute atomic E-state index is 1.23. The van der Waals surface area contributed by atoms with Crippen molar-refractivity contribution in [2.24, 2.45) is 0 Å². The van der Waals surface area contributed by atoms with Gasteiger partial charge in [-0.05, 0) is 40.0 Å². The van der Waals surface area contributed by atoms with E-state index >= 15 is 0 Å². The predicted molar refractivity (Wildman–Crippen MR) is 76.1 cm³/mol. The highest BCUT2D eigenvalue weighted by atomic mass is 14.8. The molecule has 2 N–H and O–H groups in total. The molecule has 0 saturated carbocycles. The van der Waals surface area contributed by atoms with Crippen molar-refractivity contribution in [3.63, 3.8) is 0 Å². The van der Waals surface area contributed by atoms with E-state index in [4.69, 9.17) is 0 Å². The molecule has 0 aromatic heterocycles. The third-order valence-electron chi connectivity index (χ3n) is 2.41. The van der Waals surface area contributed by atoms with Crippen LogP contribution in [0.2, 0.25) is 0 Å². The van der Waals surface area contributed by atoms with E-state index < -0.39 is 0 Å². The molecule has 2 nitrogen and oxygen atoms in total. The Labute approximate surface area is 104 Å². The van der Waals surface area contributed by atoms with Crippen LogP contribution in [0, 0.1) is 0 Å². The lowest BCUT2D eigenvalue weighted by Gasteiger charge is -2.03. The Bertz CT molecular complexity index is 84.7. The average Bonchev–Trinajstić information content (AvgIpc) is 2.28. The molecule has 0 aliphatic heterocycles. The molecule has 0 heterocycles. The first-order valence-corrected chi connectivity index (χ1v) is 7.12. The Morgan fingerprint density at radius 2 is 1.00 bits per heavy atom. The lowest BCUT2D eigenvalue weighted by Crippen LogP contribution is -2.16. The smallest absolute Gasteiger partial charge is 0.00489 e. The largest absolute Gasteiger partial charge is 0.323 e. The predicted octanol–water partition coefficient (Wildman–Crippen LogP) is 3.57. The normalized spacial score (nSPS) is 9.75. The molecule has 0 aromatic rings. The van der Waals surface area contributed by atoms with Crippen LogP contribution in [-0.4, -0.2) is 27.2 Å². The number of nitrogens with one attached hydrogen (secondary N) is 2. The number of rotatable bonds is 10. The monoisotopic (exact) mass is 230 g/mol. The fourth-order valence-electron chi connectivity index (χ4n) is 1.48. The lowest BCUT2D eigenvalue weighted by molar-refractivity contribution is 0.564. The SMILES string of the molecule is CCCCCCNCCCCCC.CNC. The number of hydrogen-bond acceptors (Lipinski definition) is 2. The molecule has 2 heteroatoms. The van der Waals surface area contributed by atoms with Gasteiger partial charge in [-0.25, -0.2) is 0 Å². The van der Waals surface area contributed by atoms with Crippen LogP contribution in [0.1, 0.15) is 65.2 Å². The Hall–Kier alpha value is -0.0800. The summed E-state index contributed by atoms with van der Waals surface area (Å²) in [6.45, 7) is 6.98. The molecule has 0 saturated heterocycles. The third-order valence-corrected chi connectivity index (χ3v) is 2.41. The van der Waals surface area contributed by atoms with Crippen molar-refractivity contribution in [3.8, 4) is 0 Å². The minimum Gasteiger partial charge on any atom is -0.323 e. The Balaban J connectivity index is 0. The molecular formula is C14H34N2. The zero-order chi connectivity index (χ0) is 12.5. The van der Waals surface area contributed by atoms with Crippen molar-refractivity contribution >= 4 is 0 Å². The number of unbranched alkanes of at least 4 members (excludes halogenated alkanes) is 6. The van der Waals surface area contributed by atoms with E-state index in [-0.39, 0.29) is 0 Å². The lowest BCUT2D eigenvalue weighted by atomic mass is 10.2. The minimum atomic E-state index is 1.23. The van der Waals surface area contributed by atoms with Crippen LogP contribution in [0.5, 0.6) is 0 Å². The van der Waals surface area contributed by atoms with Gasteiger partial charge in [0, 0.05) is 0 Å². The second-order valence-corrected chi connectivity index (χ2v) is 4.37. The molecule has 0 radical (unpaired) electrons. The highest BCUT2D eigenvalue weighted by Crippen LogP contribution is 1.98. The van der Waals surface area contributed by atoms with Crippen molar-refractivity contribution in [3.05, 3.63) is 0 Å². The van der Waals surface area contributed by atoms with E-state index in [9.17, 15) is 0 Å². The molecule has 0 unspecified atom stereocenters. The molecule has 0 aliphatic rings. The highest BCUT2D eigenvalue weighted by Gasteiger charge is 1.89. The highest BCUT2D eigenvalue weighted by molar-refractivity contribution is 4.49. The summed E-state index contributed by atoms with van der Waals surface area (Å²) < 4.78 is 0. The summed E-state index contributed by atoms with van der Waals surface area (Å²) in [6, 6.07) is 0. The van der Waals surface area contributed by atoms with Crippen molar-refractivity contribution in [1.82, 2.24) is 10.6 Å². The van der Waals surface area contributed by atoms with Crippen LogP contribution in [0.15, 0.2) is 0 Å². The van der Waals surface area contributed by atoms with Crippen LogP contribution >= 0.6 is 0 Å². The average molecular weight is 230 g/mol. The van der Waals surface area contributed by atoms with E-state index in [0.717, 1.165) is 0 Å². The summed E-state index contributed by atoms with van der Waals surface area (Å²) in [7, 11) is 3.75. The molecule has 100 valence electrons. The molecule has 0 atom stereocenters. The second kappa shape index (κ2) is 20.3. The van der Waals surface area contributed by atoms with Crippen molar-refractivity contribution in [1.29, 1.82) is 0 Å². The zero-order valence-corrected chi connectivity index (χ0v) is 12.1. The first kappa shape index (κ1) is 18.3. The van der Waals surface area contributed by atoms with E-state index in [1.54, 1.807) is 0 Å². The molecule has 0 amide bonds.